The summed E-state index contributed by atoms with van der Waals surface area (Å²) in [6.45, 7) is 4.08. The van der Waals surface area contributed by atoms with E-state index in [1.54, 1.807) is 6.07 Å². The first-order chi connectivity index (χ1) is 8.97. The van der Waals surface area contributed by atoms with Crippen LogP contribution in [0.15, 0.2) is 36.4 Å². The maximum absolute atomic E-state index is 6.21. The van der Waals surface area contributed by atoms with E-state index in [0.717, 1.165) is 22.5 Å². The van der Waals surface area contributed by atoms with Crippen molar-refractivity contribution in [1.29, 1.82) is 0 Å². The summed E-state index contributed by atoms with van der Waals surface area (Å²) in [5.74, 6) is 0. The highest BCUT2D eigenvalue weighted by molar-refractivity contribution is 6.35. The van der Waals surface area contributed by atoms with Crippen molar-refractivity contribution in [3.63, 3.8) is 0 Å². The Kier molecular flexibility index (Phi) is 4.23. The van der Waals surface area contributed by atoms with Crippen molar-refractivity contribution >= 4 is 34.6 Å². The lowest BCUT2D eigenvalue weighted by Crippen LogP contribution is -2.08. The van der Waals surface area contributed by atoms with E-state index in [4.69, 9.17) is 28.9 Å². The molecule has 2 nitrogen and oxygen atoms in total. The van der Waals surface area contributed by atoms with Crippen LogP contribution in [-0.2, 0) is 0 Å². The second kappa shape index (κ2) is 5.72. The third-order valence-electron chi connectivity index (χ3n) is 3.05. The second-order valence-electron chi connectivity index (χ2n) is 4.61. The number of benzene rings is 2. The van der Waals surface area contributed by atoms with E-state index in [1.807, 2.05) is 37.3 Å². The summed E-state index contributed by atoms with van der Waals surface area (Å²) < 4.78 is 0. The quantitative estimate of drug-likeness (QED) is 0.777. The number of hydrogen-bond acceptors (Lipinski definition) is 2. The number of nitrogens with one attached hydrogen (secondary N) is 1. The monoisotopic (exact) mass is 294 g/mol. The smallest absolute Gasteiger partial charge is 0.0500 e. The topological polar surface area (TPSA) is 38.0 Å². The van der Waals surface area contributed by atoms with Gasteiger partial charge in [0.2, 0.25) is 0 Å². The summed E-state index contributed by atoms with van der Waals surface area (Å²) in [7, 11) is 0. The molecule has 2 aromatic rings. The van der Waals surface area contributed by atoms with Crippen molar-refractivity contribution in [2.75, 3.05) is 11.1 Å². The Morgan fingerprint density at radius 2 is 1.84 bits per heavy atom. The van der Waals surface area contributed by atoms with Gasteiger partial charge in [-0.05, 0) is 55.3 Å². The first-order valence-corrected chi connectivity index (χ1v) is 6.80. The second-order valence-corrected chi connectivity index (χ2v) is 5.45. The molecule has 1 unspecified atom stereocenters. The molecule has 3 N–H and O–H groups in total. The molecule has 0 heterocycles. The number of rotatable bonds is 3. The van der Waals surface area contributed by atoms with E-state index >= 15 is 0 Å². The molecule has 0 saturated heterocycles. The lowest BCUT2D eigenvalue weighted by molar-refractivity contribution is 0.883. The van der Waals surface area contributed by atoms with Crippen LogP contribution in [0.2, 0.25) is 10.0 Å². The minimum Gasteiger partial charge on any atom is -0.399 e. The number of halogens is 2. The van der Waals surface area contributed by atoms with Gasteiger partial charge in [0.15, 0.2) is 0 Å². The van der Waals surface area contributed by atoms with E-state index in [2.05, 4.69) is 12.2 Å². The van der Waals surface area contributed by atoms with Crippen LogP contribution in [0.25, 0.3) is 0 Å². The van der Waals surface area contributed by atoms with E-state index < -0.39 is 0 Å². The SMILES string of the molecule is Cc1cc(N)ccc1NC(C)c1ccc(Cl)cc1Cl. The highest BCUT2D eigenvalue weighted by atomic mass is 35.5. The molecule has 19 heavy (non-hydrogen) atoms. The van der Waals surface area contributed by atoms with Crippen molar-refractivity contribution in [3.8, 4) is 0 Å². The zero-order valence-electron chi connectivity index (χ0n) is 10.9. The van der Waals surface area contributed by atoms with Crippen molar-refractivity contribution in [2.24, 2.45) is 0 Å². The summed E-state index contributed by atoms with van der Waals surface area (Å²) in [5.41, 5.74) is 9.68. The zero-order chi connectivity index (χ0) is 14.0. The van der Waals surface area contributed by atoms with Gasteiger partial charge in [-0.3, -0.25) is 0 Å². The van der Waals surface area contributed by atoms with Crippen molar-refractivity contribution in [2.45, 2.75) is 19.9 Å². The van der Waals surface area contributed by atoms with Gasteiger partial charge in [-0.25, -0.2) is 0 Å². The maximum atomic E-state index is 6.21. The van der Waals surface area contributed by atoms with E-state index in [-0.39, 0.29) is 6.04 Å². The van der Waals surface area contributed by atoms with Gasteiger partial charge in [0.1, 0.15) is 0 Å². The standard InChI is InChI=1S/C15H16Cl2N2/c1-9-7-12(18)4-6-15(9)19-10(2)13-5-3-11(16)8-14(13)17/h3-8,10,19H,18H2,1-2H3. The number of nitrogen functional groups attached to an aromatic ring is 1. The van der Waals surface area contributed by atoms with Crippen LogP contribution in [0.5, 0.6) is 0 Å². The molecule has 0 spiro atoms. The fourth-order valence-corrected chi connectivity index (χ4v) is 2.58. The summed E-state index contributed by atoms with van der Waals surface area (Å²) in [6, 6.07) is 11.4. The van der Waals surface area contributed by atoms with Crippen LogP contribution in [0.4, 0.5) is 11.4 Å². The number of anilines is 2. The predicted octanol–water partition coefficient (Wildman–Crippen LogP) is 5.06. The molecular weight excluding hydrogens is 279 g/mol. The average Bonchev–Trinajstić information content (AvgIpc) is 2.32. The molecule has 0 amide bonds. The Hall–Kier alpha value is -1.38. The van der Waals surface area contributed by atoms with Gasteiger partial charge in [-0.15, -0.1) is 0 Å². The number of nitrogens with two attached hydrogens (primary N) is 1. The molecule has 0 aliphatic heterocycles. The largest absolute Gasteiger partial charge is 0.399 e. The molecule has 0 radical (unpaired) electrons. The van der Waals surface area contributed by atoms with Crippen LogP contribution in [0.1, 0.15) is 24.1 Å². The molecule has 0 aliphatic carbocycles. The van der Waals surface area contributed by atoms with Gasteiger partial charge in [-0.1, -0.05) is 29.3 Å². The summed E-state index contributed by atoms with van der Waals surface area (Å²) in [6.07, 6.45) is 0. The van der Waals surface area contributed by atoms with Crippen molar-refractivity contribution in [3.05, 3.63) is 57.6 Å². The van der Waals surface area contributed by atoms with E-state index in [1.165, 1.54) is 0 Å². The Balaban J connectivity index is 2.23. The van der Waals surface area contributed by atoms with E-state index in [9.17, 15) is 0 Å². The highest BCUT2D eigenvalue weighted by Gasteiger charge is 2.11. The van der Waals surface area contributed by atoms with Crippen LogP contribution < -0.4 is 11.1 Å². The summed E-state index contributed by atoms with van der Waals surface area (Å²) in [4.78, 5) is 0. The third kappa shape index (κ3) is 3.34. The molecule has 2 rings (SSSR count). The minimum atomic E-state index is 0.0899. The Morgan fingerprint density at radius 3 is 2.47 bits per heavy atom. The molecular formula is C15H16Cl2N2. The minimum absolute atomic E-state index is 0.0899. The third-order valence-corrected chi connectivity index (χ3v) is 3.61. The molecule has 0 aromatic heterocycles. The molecule has 2 aromatic carbocycles. The first-order valence-electron chi connectivity index (χ1n) is 6.05. The maximum Gasteiger partial charge on any atom is 0.0500 e. The van der Waals surface area contributed by atoms with Gasteiger partial charge in [-0.2, -0.15) is 0 Å². The number of aryl methyl sites for hydroxylation is 1. The average molecular weight is 295 g/mol. The molecule has 1 atom stereocenters. The van der Waals surface area contributed by atoms with Gasteiger partial charge in [0, 0.05) is 21.4 Å². The van der Waals surface area contributed by atoms with Gasteiger partial charge >= 0.3 is 0 Å². The normalized spacial score (nSPS) is 12.2. The van der Waals surface area contributed by atoms with Crippen LogP contribution in [0.3, 0.4) is 0 Å². The van der Waals surface area contributed by atoms with Crippen LogP contribution >= 0.6 is 23.2 Å². The molecule has 100 valence electrons. The first kappa shape index (κ1) is 14.0. The Morgan fingerprint density at radius 1 is 1.11 bits per heavy atom. The lowest BCUT2D eigenvalue weighted by Gasteiger charge is -2.19. The predicted molar refractivity (Wildman–Crippen MR) is 84.1 cm³/mol. The fraction of sp³-hybridized carbons (Fsp3) is 0.200. The van der Waals surface area contributed by atoms with Gasteiger partial charge in [0.05, 0.1) is 6.04 Å². The summed E-state index contributed by atoms with van der Waals surface area (Å²) in [5, 5.41) is 4.74. The van der Waals surface area contributed by atoms with Gasteiger partial charge in [0.25, 0.3) is 0 Å². The molecule has 0 saturated carbocycles. The van der Waals surface area contributed by atoms with Crippen LogP contribution in [-0.4, -0.2) is 0 Å². The van der Waals surface area contributed by atoms with Crippen molar-refractivity contribution in [1.82, 2.24) is 0 Å². The highest BCUT2D eigenvalue weighted by Crippen LogP contribution is 2.29. The zero-order valence-corrected chi connectivity index (χ0v) is 12.4. The van der Waals surface area contributed by atoms with Crippen molar-refractivity contribution < 1.29 is 0 Å². The van der Waals surface area contributed by atoms with Crippen LogP contribution in [0, 0.1) is 6.92 Å². The number of hydrogen-bond donors (Lipinski definition) is 2. The summed E-state index contributed by atoms with van der Waals surface area (Å²) >= 11 is 12.1. The Labute approximate surface area is 123 Å². The fourth-order valence-electron chi connectivity index (χ4n) is 2.01. The molecule has 0 fully saturated rings. The Bertz CT molecular complexity index is 597. The lowest BCUT2D eigenvalue weighted by atomic mass is 10.1. The van der Waals surface area contributed by atoms with Gasteiger partial charge < -0.3 is 11.1 Å². The molecule has 0 bridgehead atoms. The van der Waals surface area contributed by atoms with E-state index in [0.29, 0.717) is 10.0 Å². The molecule has 0 aliphatic rings. The molecule has 4 heteroatoms.